The maximum Gasteiger partial charge on any atom is 0.157 e. The number of carbonyl (C=O) groups excluding carboxylic acids is 1. The van der Waals surface area contributed by atoms with Gasteiger partial charge in [0.15, 0.2) is 5.78 Å². The number of aryl methyl sites for hydroxylation is 1. The molecule has 0 radical (unpaired) electrons. The van der Waals surface area contributed by atoms with Crippen molar-refractivity contribution in [2.24, 2.45) is 0 Å². The Morgan fingerprint density at radius 3 is 2.31 bits per heavy atom. The predicted octanol–water partition coefficient (Wildman–Crippen LogP) is 1.60. The maximum atomic E-state index is 12.0. The molecule has 7 nitrogen and oxygen atoms in total. The van der Waals surface area contributed by atoms with Crippen LogP contribution in [0.4, 0.5) is 5.69 Å². The number of nitrogens with one attached hydrogen (secondary N) is 1. The number of benzene rings is 1. The van der Waals surface area contributed by atoms with Crippen LogP contribution < -0.4 is 15.5 Å². The van der Waals surface area contributed by atoms with E-state index in [1.54, 1.807) is 36.5 Å². The van der Waals surface area contributed by atoms with E-state index < -0.39 is 6.04 Å². The fourth-order valence-corrected chi connectivity index (χ4v) is 2.41. The summed E-state index contributed by atoms with van der Waals surface area (Å²) >= 11 is 0. The Kier molecular flexibility index (Phi) is 11.4. The zero-order chi connectivity index (χ0) is 17.0. The maximum absolute atomic E-state index is 12.0. The number of carbonyl (C=O) groups is 1. The Morgan fingerprint density at radius 2 is 1.81 bits per heavy atom. The van der Waals surface area contributed by atoms with Crippen molar-refractivity contribution in [2.75, 3.05) is 5.32 Å². The monoisotopic (exact) mass is 440 g/mol. The zero-order valence-electron chi connectivity index (χ0n) is 14.5. The molecule has 0 bridgehead atoms. The molecule has 0 amide bonds. The van der Waals surface area contributed by atoms with Crippen molar-refractivity contribution < 1.29 is 47.0 Å². The molecule has 8 heteroatoms. The number of ketones is 1. The van der Waals surface area contributed by atoms with E-state index in [1.807, 2.05) is 6.92 Å². The molecule has 0 aliphatic heterocycles. The Bertz CT molecular complexity index is 747. The second kappa shape index (κ2) is 11.4. The van der Waals surface area contributed by atoms with E-state index >= 15 is 0 Å². The molecule has 0 spiro atoms. The minimum atomic E-state index is -0.763. The smallest absolute Gasteiger partial charge is 0.157 e. The molecule has 0 saturated heterocycles. The third-order valence-corrected chi connectivity index (χ3v) is 3.47. The molecule has 1 heterocycles. The summed E-state index contributed by atoms with van der Waals surface area (Å²) in [6.45, 7) is 4.53. The van der Waals surface area contributed by atoms with Crippen LogP contribution in [0.3, 0.4) is 0 Å². The van der Waals surface area contributed by atoms with Crippen molar-refractivity contribution in [3.8, 4) is 5.75 Å². The second-order valence-corrected chi connectivity index (χ2v) is 5.36. The molecule has 1 aromatic carbocycles. The topological polar surface area (TPSA) is 145 Å². The molecule has 142 valence electrons. The van der Waals surface area contributed by atoms with Gasteiger partial charge in [0.05, 0.1) is 11.7 Å². The molecule has 26 heavy (non-hydrogen) atoms. The SMILES string of the molecule is CC(=O)/C(=C(\C)[O-])[C@@H](Nc1cc(C)ccc1[O-])c1ccccn1.[Mo].[O-2].[O-2]. The molecule has 0 unspecified atom stereocenters. The van der Waals surface area contributed by atoms with Crippen molar-refractivity contribution in [1.82, 2.24) is 4.98 Å². The van der Waals surface area contributed by atoms with E-state index in [2.05, 4.69) is 10.3 Å². The van der Waals surface area contributed by atoms with Crippen LogP contribution in [0, 0.1) is 6.92 Å². The van der Waals surface area contributed by atoms with E-state index in [9.17, 15) is 15.0 Å². The number of hydrogen-bond acceptors (Lipinski definition) is 5. The summed E-state index contributed by atoms with van der Waals surface area (Å²) in [5.74, 6) is -0.899. The van der Waals surface area contributed by atoms with Gasteiger partial charge in [0.25, 0.3) is 0 Å². The van der Waals surface area contributed by atoms with E-state index in [0.717, 1.165) is 5.56 Å². The van der Waals surface area contributed by atoms with Crippen LogP contribution in [0.15, 0.2) is 53.9 Å². The second-order valence-electron chi connectivity index (χ2n) is 5.36. The third-order valence-electron chi connectivity index (χ3n) is 3.47. The average Bonchev–Trinajstić information content (AvgIpc) is 2.50. The van der Waals surface area contributed by atoms with Gasteiger partial charge in [-0.3, -0.25) is 9.78 Å². The zero-order valence-corrected chi connectivity index (χ0v) is 16.5. The summed E-state index contributed by atoms with van der Waals surface area (Å²) in [6.07, 6.45) is 1.58. The summed E-state index contributed by atoms with van der Waals surface area (Å²) < 4.78 is 0. The summed E-state index contributed by atoms with van der Waals surface area (Å²) in [7, 11) is 0. The van der Waals surface area contributed by atoms with Crippen molar-refractivity contribution in [3.05, 3.63) is 65.2 Å². The first-order valence-corrected chi connectivity index (χ1v) is 7.24. The van der Waals surface area contributed by atoms with Gasteiger partial charge in [-0.15, -0.1) is 5.76 Å². The summed E-state index contributed by atoms with van der Waals surface area (Å²) in [6, 6.07) is 9.32. The van der Waals surface area contributed by atoms with Crippen LogP contribution >= 0.6 is 0 Å². The van der Waals surface area contributed by atoms with E-state index in [-0.39, 0.29) is 54.9 Å². The molecule has 0 aliphatic rings. The number of nitrogens with zero attached hydrogens (tertiary/aromatic N) is 1. The third kappa shape index (κ3) is 6.26. The van der Waals surface area contributed by atoms with Gasteiger partial charge >= 0.3 is 0 Å². The van der Waals surface area contributed by atoms with Gasteiger partial charge in [0.1, 0.15) is 0 Å². The fraction of sp³-hybridized carbons (Fsp3) is 0.222. The largest absolute Gasteiger partial charge is 2.00 e. The summed E-state index contributed by atoms with van der Waals surface area (Å²) in [5.41, 5.74) is 1.82. The average molecular weight is 438 g/mol. The number of anilines is 1. The fourth-order valence-electron chi connectivity index (χ4n) is 2.41. The number of hydrogen-bond donors (Lipinski definition) is 1. The number of aromatic nitrogens is 1. The number of pyridine rings is 1. The molecule has 1 aromatic heterocycles. The number of Topliss-reactive ketones (excluding diaryl/α,β-unsaturated/α-hetero) is 1. The normalized spacial score (nSPS) is 11.7. The van der Waals surface area contributed by atoms with Crippen LogP contribution in [0.5, 0.6) is 5.75 Å². The number of allylic oxidation sites excluding steroid dienone is 1. The van der Waals surface area contributed by atoms with E-state index in [4.69, 9.17) is 0 Å². The van der Waals surface area contributed by atoms with Crippen LogP contribution in [0.2, 0.25) is 0 Å². The number of rotatable bonds is 5. The molecule has 0 saturated carbocycles. The first kappa shape index (κ1) is 26.0. The molecule has 0 aliphatic carbocycles. The summed E-state index contributed by atoms with van der Waals surface area (Å²) in [5, 5.41) is 27.0. The van der Waals surface area contributed by atoms with Gasteiger partial charge in [0.2, 0.25) is 0 Å². The molecule has 2 aromatic rings. The van der Waals surface area contributed by atoms with Gasteiger partial charge in [-0.05, 0) is 37.6 Å². The van der Waals surface area contributed by atoms with Crippen molar-refractivity contribution in [1.29, 1.82) is 0 Å². The minimum Gasteiger partial charge on any atom is -2.00 e. The van der Waals surface area contributed by atoms with Crippen LogP contribution in [0.1, 0.15) is 31.1 Å². The predicted molar refractivity (Wildman–Crippen MR) is 86.0 cm³/mol. The molecule has 1 atom stereocenters. The Morgan fingerprint density at radius 1 is 1.15 bits per heavy atom. The van der Waals surface area contributed by atoms with Gasteiger partial charge in [-0.25, -0.2) is 0 Å². The molecule has 1 N–H and O–H groups in total. The Hall–Kier alpha value is -2.21. The van der Waals surface area contributed by atoms with E-state index in [0.29, 0.717) is 11.4 Å². The molecule has 0 fully saturated rings. The van der Waals surface area contributed by atoms with Gasteiger partial charge in [0, 0.05) is 38.5 Å². The summed E-state index contributed by atoms with van der Waals surface area (Å²) in [4.78, 5) is 16.2. The molecular weight excluding hydrogens is 420 g/mol. The first-order chi connectivity index (χ1) is 10.9. The van der Waals surface area contributed by atoms with Gasteiger partial charge < -0.3 is 26.5 Å². The van der Waals surface area contributed by atoms with Crippen molar-refractivity contribution >= 4 is 11.5 Å². The van der Waals surface area contributed by atoms with Crippen LogP contribution in [0.25, 0.3) is 0 Å². The molecule has 2 rings (SSSR count). The quantitative estimate of drug-likeness (QED) is 0.428. The molecular formula is C18H18MoN2O5-6. The van der Waals surface area contributed by atoms with Crippen molar-refractivity contribution in [3.63, 3.8) is 0 Å². The standard InChI is InChI=1S/C18H20N2O3.Mo.2O/c1-11-7-8-16(23)15(10-11)20-18(14-6-4-5-9-19-14)17(12(2)21)13(3)22;;;/h4-10,18,20-21,23H,1-3H3;;;/q;;2*-2/p-2/b17-12-;;;/t18-;;;/m0.../s1. The van der Waals surface area contributed by atoms with E-state index in [1.165, 1.54) is 19.9 Å². The van der Waals surface area contributed by atoms with Crippen molar-refractivity contribution in [2.45, 2.75) is 26.8 Å². The first-order valence-electron chi connectivity index (χ1n) is 7.24. The Labute approximate surface area is 166 Å². The Balaban J connectivity index is 0. The minimum absolute atomic E-state index is 0. The van der Waals surface area contributed by atoms with Gasteiger partial charge in [-0.1, -0.05) is 30.9 Å². The van der Waals surface area contributed by atoms with Crippen LogP contribution in [-0.4, -0.2) is 10.8 Å². The van der Waals surface area contributed by atoms with Crippen LogP contribution in [-0.2, 0) is 36.8 Å². The van der Waals surface area contributed by atoms with Gasteiger partial charge in [-0.2, -0.15) is 0 Å².